The number of pyridine rings is 1. The molecule has 0 aliphatic carbocycles. The first-order valence-electron chi connectivity index (χ1n) is 5.05. The van der Waals surface area contributed by atoms with Crippen LogP contribution in [0.25, 0.3) is 0 Å². The van der Waals surface area contributed by atoms with E-state index >= 15 is 0 Å². The summed E-state index contributed by atoms with van der Waals surface area (Å²) in [6, 6.07) is 3.25. The van der Waals surface area contributed by atoms with Crippen LogP contribution in [-0.4, -0.2) is 16.9 Å². The summed E-state index contributed by atoms with van der Waals surface area (Å²) < 4.78 is 0. The van der Waals surface area contributed by atoms with E-state index in [-0.39, 0.29) is 5.91 Å². The monoisotopic (exact) mass is 207 g/mol. The molecule has 0 saturated heterocycles. The Morgan fingerprint density at radius 3 is 2.73 bits per heavy atom. The predicted octanol–water partition coefficient (Wildman–Crippen LogP) is 1.37. The second-order valence-corrected chi connectivity index (χ2v) is 3.59. The van der Waals surface area contributed by atoms with Crippen LogP contribution < -0.4 is 11.1 Å². The van der Waals surface area contributed by atoms with Gasteiger partial charge in [-0.2, -0.15) is 0 Å². The number of hydrogen-bond acceptors (Lipinski definition) is 3. The fourth-order valence-corrected chi connectivity index (χ4v) is 1.23. The number of anilines is 1. The summed E-state index contributed by atoms with van der Waals surface area (Å²) in [5.41, 5.74) is 8.09. The summed E-state index contributed by atoms with van der Waals surface area (Å²) in [5.74, 6) is -0.161. The zero-order valence-electron chi connectivity index (χ0n) is 9.37. The van der Waals surface area contributed by atoms with Crippen LogP contribution in [0.3, 0.4) is 0 Å². The van der Waals surface area contributed by atoms with Gasteiger partial charge in [0, 0.05) is 5.69 Å². The lowest BCUT2D eigenvalue weighted by Gasteiger charge is -2.11. The minimum absolute atomic E-state index is 0.161. The van der Waals surface area contributed by atoms with Gasteiger partial charge >= 0.3 is 0 Å². The molecule has 1 heterocycles. The van der Waals surface area contributed by atoms with Gasteiger partial charge in [-0.05, 0) is 32.4 Å². The van der Waals surface area contributed by atoms with Gasteiger partial charge in [-0.1, -0.05) is 6.92 Å². The fourth-order valence-electron chi connectivity index (χ4n) is 1.23. The Kier molecular flexibility index (Phi) is 3.80. The molecule has 1 amide bonds. The number of carbonyl (C=O) groups excluding carboxylic acids is 1. The predicted molar refractivity (Wildman–Crippen MR) is 60.6 cm³/mol. The molecule has 0 saturated carbocycles. The highest BCUT2D eigenvalue weighted by Gasteiger charge is 2.12. The van der Waals surface area contributed by atoms with Crippen molar-refractivity contribution >= 4 is 11.6 Å². The second-order valence-electron chi connectivity index (χ2n) is 3.59. The summed E-state index contributed by atoms with van der Waals surface area (Å²) >= 11 is 0. The van der Waals surface area contributed by atoms with Gasteiger partial charge < -0.3 is 11.1 Å². The van der Waals surface area contributed by atoms with E-state index in [1.165, 1.54) is 0 Å². The lowest BCUT2D eigenvalue weighted by molar-refractivity contribution is -0.117. The second kappa shape index (κ2) is 4.89. The first kappa shape index (κ1) is 11.7. The molecule has 4 nitrogen and oxygen atoms in total. The molecule has 0 bridgehead atoms. The molecule has 82 valence electrons. The van der Waals surface area contributed by atoms with E-state index in [9.17, 15) is 4.79 Å². The van der Waals surface area contributed by atoms with Crippen LogP contribution >= 0.6 is 0 Å². The van der Waals surface area contributed by atoms with Gasteiger partial charge in [-0.3, -0.25) is 9.78 Å². The number of nitrogens with one attached hydrogen (secondary N) is 1. The maximum absolute atomic E-state index is 11.5. The molecule has 0 radical (unpaired) electrons. The van der Waals surface area contributed by atoms with E-state index in [4.69, 9.17) is 5.73 Å². The molecule has 1 aromatic heterocycles. The fraction of sp³-hybridized carbons (Fsp3) is 0.455. The van der Waals surface area contributed by atoms with Crippen LogP contribution in [-0.2, 0) is 4.79 Å². The first-order valence-corrected chi connectivity index (χ1v) is 5.05. The van der Waals surface area contributed by atoms with E-state index in [1.807, 2.05) is 32.9 Å². The van der Waals surface area contributed by atoms with Crippen molar-refractivity contribution in [2.24, 2.45) is 5.73 Å². The van der Waals surface area contributed by atoms with Gasteiger partial charge in [0.25, 0.3) is 0 Å². The average molecular weight is 207 g/mol. The zero-order chi connectivity index (χ0) is 11.4. The summed E-state index contributed by atoms with van der Waals surface area (Å²) in [6.45, 7) is 5.65. The Balaban J connectivity index is 2.77. The largest absolute Gasteiger partial charge is 0.323 e. The summed E-state index contributed by atoms with van der Waals surface area (Å²) in [6.07, 6.45) is 0.629. The molecule has 0 fully saturated rings. The third-order valence-electron chi connectivity index (χ3n) is 2.26. The molecule has 0 aromatic carbocycles. The molecule has 0 spiro atoms. The van der Waals surface area contributed by atoms with Crippen LogP contribution in [0, 0.1) is 13.8 Å². The molecular weight excluding hydrogens is 190 g/mol. The Morgan fingerprint density at radius 2 is 2.20 bits per heavy atom. The van der Waals surface area contributed by atoms with Crippen LogP contribution in [0.5, 0.6) is 0 Å². The Bertz CT molecular complexity index is 363. The van der Waals surface area contributed by atoms with Crippen LogP contribution in [0.1, 0.15) is 24.7 Å². The molecule has 0 unspecified atom stereocenters. The van der Waals surface area contributed by atoms with E-state index in [1.54, 1.807) is 0 Å². The van der Waals surface area contributed by atoms with Crippen LogP contribution in [0.2, 0.25) is 0 Å². The average Bonchev–Trinajstić information content (AvgIpc) is 2.20. The summed E-state index contributed by atoms with van der Waals surface area (Å²) in [7, 11) is 0. The highest BCUT2D eigenvalue weighted by Crippen LogP contribution is 2.12. The maximum Gasteiger partial charge on any atom is 0.241 e. The molecule has 3 N–H and O–H groups in total. The van der Waals surface area contributed by atoms with Crippen molar-refractivity contribution in [3.8, 4) is 0 Å². The van der Waals surface area contributed by atoms with Crippen LogP contribution in [0.15, 0.2) is 12.1 Å². The smallest absolute Gasteiger partial charge is 0.241 e. The molecule has 1 rings (SSSR count). The van der Waals surface area contributed by atoms with Crippen LogP contribution in [0.4, 0.5) is 5.69 Å². The van der Waals surface area contributed by atoms with Crippen molar-refractivity contribution in [1.29, 1.82) is 0 Å². The van der Waals surface area contributed by atoms with Crippen molar-refractivity contribution in [2.45, 2.75) is 33.2 Å². The van der Waals surface area contributed by atoms with Crippen molar-refractivity contribution < 1.29 is 4.79 Å². The molecule has 1 aromatic rings. The number of aryl methyl sites for hydroxylation is 2. The Labute approximate surface area is 89.9 Å². The molecule has 1 atom stereocenters. The number of carbonyl (C=O) groups is 1. The Hall–Kier alpha value is -1.42. The number of amides is 1. The van der Waals surface area contributed by atoms with E-state index in [0.29, 0.717) is 6.42 Å². The highest BCUT2D eigenvalue weighted by molar-refractivity contribution is 5.95. The third-order valence-corrected chi connectivity index (χ3v) is 2.26. The zero-order valence-corrected chi connectivity index (χ0v) is 9.37. The van der Waals surface area contributed by atoms with E-state index < -0.39 is 6.04 Å². The molecular formula is C11H17N3O. The molecule has 4 heteroatoms. The minimum Gasteiger partial charge on any atom is -0.323 e. The number of aromatic nitrogens is 1. The number of nitrogens with zero attached hydrogens (tertiary/aromatic N) is 1. The Morgan fingerprint density at radius 1 is 1.53 bits per heavy atom. The standard InChI is InChI=1S/C11H17N3O/c1-4-9(12)11(15)14-10-6-5-7(2)13-8(10)3/h5-6,9H,4,12H2,1-3H3,(H,14,15)/t9-/m1/s1. The van der Waals surface area contributed by atoms with Gasteiger partial charge in [0.15, 0.2) is 0 Å². The van der Waals surface area contributed by atoms with E-state index in [0.717, 1.165) is 17.1 Å². The number of nitrogens with two attached hydrogens (primary N) is 1. The van der Waals surface area contributed by atoms with E-state index in [2.05, 4.69) is 10.3 Å². The quantitative estimate of drug-likeness (QED) is 0.786. The number of rotatable bonds is 3. The maximum atomic E-state index is 11.5. The summed E-state index contributed by atoms with van der Waals surface area (Å²) in [5, 5.41) is 2.76. The van der Waals surface area contributed by atoms with Gasteiger partial charge in [0.05, 0.1) is 17.4 Å². The van der Waals surface area contributed by atoms with Crippen molar-refractivity contribution in [3.63, 3.8) is 0 Å². The minimum atomic E-state index is -0.453. The number of hydrogen-bond donors (Lipinski definition) is 2. The molecule has 15 heavy (non-hydrogen) atoms. The third kappa shape index (κ3) is 3.02. The van der Waals surface area contributed by atoms with Gasteiger partial charge in [-0.25, -0.2) is 0 Å². The highest BCUT2D eigenvalue weighted by atomic mass is 16.2. The first-order chi connectivity index (χ1) is 7.04. The SMILES string of the molecule is CC[C@@H](N)C(=O)Nc1ccc(C)nc1C. The normalized spacial score (nSPS) is 12.3. The topological polar surface area (TPSA) is 68.0 Å². The lowest BCUT2D eigenvalue weighted by Crippen LogP contribution is -2.35. The van der Waals surface area contributed by atoms with Crippen molar-refractivity contribution in [1.82, 2.24) is 4.98 Å². The van der Waals surface area contributed by atoms with Crippen molar-refractivity contribution in [3.05, 3.63) is 23.5 Å². The lowest BCUT2D eigenvalue weighted by atomic mass is 10.2. The van der Waals surface area contributed by atoms with Gasteiger partial charge in [0.1, 0.15) is 0 Å². The molecule has 0 aliphatic rings. The van der Waals surface area contributed by atoms with Gasteiger partial charge in [0.2, 0.25) is 5.91 Å². The summed E-state index contributed by atoms with van der Waals surface area (Å²) in [4.78, 5) is 15.8. The van der Waals surface area contributed by atoms with Gasteiger partial charge in [-0.15, -0.1) is 0 Å². The molecule has 0 aliphatic heterocycles. The van der Waals surface area contributed by atoms with Crippen molar-refractivity contribution in [2.75, 3.05) is 5.32 Å².